The molecule has 20 heavy (non-hydrogen) atoms. The third kappa shape index (κ3) is 3.41. The van der Waals surface area contributed by atoms with Crippen LogP contribution in [0.4, 0.5) is 11.5 Å². The maximum absolute atomic E-state index is 12.2. The van der Waals surface area contributed by atoms with Gasteiger partial charge in [-0.2, -0.15) is 5.10 Å². The predicted octanol–water partition coefficient (Wildman–Crippen LogP) is 1.24. The lowest BCUT2D eigenvalue weighted by Crippen LogP contribution is -2.18. The smallest absolute Gasteiger partial charge is 0.264 e. The Kier molecular flexibility index (Phi) is 4.43. The maximum atomic E-state index is 12.2. The third-order valence-electron chi connectivity index (χ3n) is 2.55. The van der Waals surface area contributed by atoms with Crippen LogP contribution < -0.4 is 16.2 Å². The summed E-state index contributed by atoms with van der Waals surface area (Å²) < 4.78 is 0. The van der Waals surface area contributed by atoms with E-state index in [1.165, 1.54) is 18.3 Å². The number of amides is 1. The summed E-state index contributed by atoms with van der Waals surface area (Å²) in [6, 6.07) is 4.47. The van der Waals surface area contributed by atoms with Crippen molar-refractivity contribution in [3.05, 3.63) is 46.5 Å². The van der Waals surface area contributed by atoms with E-state index in [1.54, 1.807) is 12.3 Å². The average Bonchev–Trinajstić information content (AvgIpc) is 2.47. The van der Waals surface area contributed by atoms with Crippen LogP contribution in [0.25, 0.3) is 0 Å². The molecule has 0 aliphatic rings. The molecule has 104 valence electrons. The van der Waals surface area contributed by atoms with Gasteiger partial charge in [-0.3, -0.25) is 14.6 Å². The summed E-state index contributed by atoms with van der Waals surface area (Å²) in [4.78, 5) is 27.0. The summed E-state index contributed by atoms with van der Waals surface area (Å²) in [5.41, 5.74) is 0.812. The Morgan fingerprint density at radius 1 is 1.35 bits per heavy atom. The molecule has 0 unspecified atom stereocenters. The van der Waals surface area contributed by atoms with Gasteiger partial charge >= 0.3 is 0 Å². The second-order valence-corrected chi connectivity index (χ2v) is 4.11. The van der Waals surface area contributed by atoms with Gasteiger partial charge in [0.05, 0.1) is 11.3 Å². The van der Waals surface area contributed by atoms with Gasteiger partial charge in [0.15, 0.2) is 5.82 Å². The van der Waals surface area contributed by atoms with Gasteiger partial charge in [0.2, 0.25) is 0 Å². The highest BCUT2D eigenvalue weighted by Crippen LogP contribution is 2.15. The highest BCUT2D eigenvalue weighted by atomic mass is 16.2. The molecule has 2 aromatic rings. The van der Waals surface area contributed by atoms with Crippen molar-refractivity contribution in [2.24, 2.45) is 0 Å². The van der Waals surface area contributed by atoms with Crippen LogP contribution >= 0.6 is 0 Å². The van der Waals surface area contributed by atoms with E-state index in [1.807, 2.05) is 6.92 Å². The summed E-state index contributed by atoms with van der Waals surface area (Å²) in [5, 5.41) is 11.7. The van der Waals surface area contributed by atoms with Crippen molar-refractivity contribution in [1.82, 2.24) is 15.2 Å². The molecule has 3 N–H and O–H groups in total. The van der Waals surface area contributed by atoms with Crippen LogP contribution in [0.5, 0.6) is 0 Å². The first-order chi connectivity index (χ1) is 9.70. The first-order valence-corrected chi connectivity index (χ1v) is 6.25. The zero-order chi connectivity index (χ0) is 14.4. The molecular weight excluding hydrogens is 258 g/mol. The zero-order valence-electron chi connectivity index (χ0n) is 11.0. The standard InChI is InChI=1S/C13H15N5O2/c1-2-6-15-10-5-7-14-8-9(10)13(20)16-11-3-4-12(19)18-17-11/h3-5,7-8H,2,6H2,1H3,(H,14,15)(H,18,19)(H,16,17,20). The molecule has 0 saturated carbocycles. The van der Waals surface area contributed by atoms with Gasteiger partial charge in [-0.15, -0.1) is 0 Å². The molecule has 0 aromatic carbocycles. The van der Waals surface area contributed by atoms with Gasteiger partial charge in [0.1, 0.15) is 0 Å². The van der Waals surface area contributed by atoms with Crippen molar-refractivity contribution < 1.29 is 4.79 Å². The molecule has 0 saturated heterocycles. The van der Waals surface area contributed by atoms with E-state index in [0.29, 0.717) is 11.3 Å². The minimum Gasteiger partial charge on any atom is -0.384 e. The number of pyridine rings is 1. The molecule has 0 spiro atoms. The number of carbonyl (C=O) groups is 1. The summed E-state index contributed by atoms with van der Waals surface area (Å²) in [6.45, 7) is 2.80. The van der Waals surface area contributed by atoms with Gasteiger partial charge in [0.25, 0.3) is 11.5 Å². The SMILES string of the molecule is CCCNc1ccncc1C(=O)Nc1ccc(=O)[nH]n1. The topological polar surface area (TPSA) is 99.8 Å². The second-order valence-electron chi connectivity index (χ2n) is 4.11. The Hall–Kier alpha value is -2.70. The highest BCUT2D eigenvalue weighted by molar-refractivity contribution is 6.07. The monoisotopic (exact) mass is 273 g/mol. The van der Waals surface area contributed by atoms with Gasteiger partial charge in [0, 0.05) is 25.0 Å². The number of hydrogen-bond donors (Lipinski definition) is 3. The Morgan fingerprint density at radius 2 is 2.20 bits per heavy atom. The van der Waals surface area contributed by atoms with Crippen molar-refractivity contribution in [2.45, 2.75) is 13.3 Å². The van der Waals surface area contributed by atoms with E-state index >= 15 is 0 Å². The third-order valence-corrected chi connectivity index (χ3v) is 2.55. The molecule has 0 fully saturated rings. The summed E-state index contributed by atoms with van der Waals surface area (Å²) in [6.07, 6.45) is 4.05. The molecule has 2 heterocycles. The first-order valence-electron chi connectivity index (χ1n) is 6.25. The molecule has 0 radical (unpaired) electrons. The average molecular weight is 273 g/mol. The number of aromatic amines is 1. The fourth-order valence-corrected chi connectivity index (χ4v) is 1.59. The predicted molar refractivity (Wildman–Crippen MR) is 75.8 cm³/mol. The van der Waals surface area contributed by atoms with E-state index in [2.05, 4.69) is 25.8 Å². The van der Waals surface area contributed by atoms with Gasteiger partial charge in [-0.1, -0.05) is 6.92 Å². The van der Waals surface area contributed by atoms with E-state index in [-0.39, 0.29) is 17.3 Å². The van der Waals surface area contributed by atoms with Crippen molar-refractivity contribution in [2.75, 3.05) is 17.2 Å². The Balaban J connectivity index is 2.16. The van der Waals surface area contributed by atoms with Crippen LogP contribution in [-0.4, -0.2) is 27.6 Å². The molecule has 0 atom stereocenters. The Bertz CT molecular complexity index is 633. The highest BCUT2D eigenvalue weighted by Gasteiger charge is 2.12. The van der Waals surface area contributed by atoms with Crippen molar-refractivity contribution in [3.63, 3.8) is 0 Å². The lowest BCUT2D eigenvalue weighted by molar-refractivity contribution is 0.102. The normalized spacial score (nSPS) is 10.1. The number of nitrogens with zero attached hydrogens (tertiary/aromatic N) is 2. The summed E-state index contributed by atoms with van der Waals surface area (Å²) >= 11 is 0. The number of nitrogens with one attached hydrogen (secondary N) is 3. The summed E-state index contributed by atoms with van der Waals surface area (Å²) in [5.74, 6) is -0.0591. The number of aromatic nitrogens is 3. The van der Waals surface area contributed by atoms with E-state index in [4.69, 9.17) is 0 Å². The Labute approximate surface area is 115 Å². The molecule has 1 amide bonds. The number of hydrogen-bond acceptors (Lipinski definition) is 5. The maximum Gasteiger partial charge on any atom is 0.264 e. The number of rotatable bonds is 5. The quantitative estimate of drug-likeness (QED) is 0.761. The molecular formula is C13H15N5O2. The van der Waals surface area contributed by atoms with Crippen LogP contribution in [0.3, 0.4) is 0 Å². The second kappa shape index (κ2) is 6.46. The number of H-pyrrole nitrogens is 1. The first kappa shape index (κ1) is 13.7. The van der Waals surface area contributed by atoms with Crippen LogP contribution in [0, 0.1) is 0 Å². The largest absolute Gasteiger partial charge is 0.384 e. The van der Waals surface area contributed by atoms with E-state index < -0.39 is 0 Å². The number of anilines is 2. The van der Waals surface area contributed by atoms with Crippen LogP contribution in [0.15, 0.2) is 35.4 Å². The lowest BCUT2D eigenvalue weighted by Gasteiger charge is -2.10. The van der Waals surface area contributed by atoms with Crippen molar-refractivity contribution >= 4 is 17.4 Å². The molecule has 0 aliphatic carbocycles. The fraction of sp³-hybridized carbons (Fsp3) is 0.231. The minimum atomic E-state index is -0.337. The van der Waals surface area contributed by atoms with Crippen LogP contribution in [0.2, 0.25) is 0 Å². The fourth-order valence-electron chi connectivity index (χ4n) is 1.59. The van der Waals surface area contributed by atoms with Gasteiger partial charge < -0.3 is 10.6 Å². The van der Waals surface area contributed by atoms with Gasteiger partial charge in [-0.05, 0) is 18.6 Å². The molecule has 7 heteroatoms. The van der Waals surface area contributed by atoms with Crippen molar-refractivity contribution in [3.8, 4) is 0 Å². The lowest BCUT2D eigenvalue weighted by atomic mass is 10.2. The molecule has 0 aliphatic heterocycles. The molecule has 2 aromatic heterocycles. The Morgan fingerprint density at radius 3 is 2.90 bits per heavy atom. The van der Waals surface area contributed by atoms with Crippen LogP contribution in [0.1, 0.15) is 23.7 Å². The van der Waals surface area contributed by atoms with Gasteiger partial charge in [-0.25, -0.2) is 5.10 Å². The summed E-state index contributed by atoms with van der Waals surface area (Å²) in [7, 11) is 0. The van der Waals surface area contributed by atoms with Crippen molar-refractivity contribution in [1.29, 1.82) is 0 Å². The molecule has 7 nitrogen and oxygen atoms in total. The van der Waals surface area contributed by atoms with Crippen LogP contribution in [-0.2, 0) is 0 Å². The number of carbonyl (C=O) groups excluding carboxylic acids is 1. The molecule has 0 bridgehead atoms. The molecule has 2 rings (SSSR count). The zero-order valence-corrected chi connectivity index (χ0v) is 11.0. The van der Waals surface area contributed by atoms with E-state index in [0.717, 1.165) is 13.0 Å². The minimum absolute atomic E-state index is 0.278. The van der Waals surface area contributed by atoms with E-state index in [9.17, 15) is 9.59 Å².